The third-order valence-electron chi connectivity index (χ3n) is 1.68. The molecule has 0 fully saturated rings. The third-order valence-corrected chi connectivity index (χ3v) is 2.87. The molecule has 0 amide bonds. The van der Waals surface area contributed by atoms with Crippen LogP contribution in [0.15, 0.2) is 6.07 Å². The molecule has 0 aliphatic rings. The van der Waals surface area contributed by atoms with E-state index < -0.39 is 11.9 Å². The molecule has 0 saturated carbocycles. The lowest BCUT2D eigenvalue weighted by molar-refractivity contribution is 0.0598. The maximum atomic E-state index is 11.2. The zero-order chi connectivity index (χ0) is 10.7. The number of ether oxygens (including phenoxy) is 2. The Labute approximate surface area is 85.4 Å². The fraction of sp³-hybridized carbons (Fsp3) is 0.333. The Morgan fingerprint density at radius 3 is 2.29 bits per heavy atom. The van der Waals surface area contributed by atoms with E-state index in [1.807, 2.05) is 0 Å². The van der Waals surface area contributed by atoms with E-state index in [1.54, 1.807) is 13.0 Å². The van der Waals surface area contributed by atoms with E-state index in [-0.39, 0.29) is 0 Å². The molecule has 14 heavy (non-hydrogen) atoms. The first-order valence-corrected chi connectivity index (χ1v) is 4.69. The van der Waals surface area contributed by atoms with Crippen molar-refractivity contribution in [2.45, 2.75) is 6.92 Å². The van der Waals surface area contributed by atoms with Crippen LogP contribution in [0.3, 0.4) is 0 Å². The van der Waals surface area contributed by atoms with Crippen LogP contribution in [0.4, 0.5) is 0 Å². The molecule has 0 aliphatic heterocycles. The molecule has 76 valence electrons. The van der Waals surface area contributed by atoms with Crippen LogP contribution < -0.4 is 0 Å². The summed E-state index contributed by atoms with van der Waals surface area (Å²) in [6.45, 7) is 1.75. The number of hydrogen-bond donors (Lipinski definition) is 0. The fourth-order valence-electron chi connectivity index (χ4n) is 0.979. The normalized spacial score (nSPS) is 9.64. The van der Waals surface area contributed by atoms with Gasteiger partial charge in [0.25, 0.3) is 0 Å². The summed E-state index contributed by atoms with van der Waals surface area (Å²) < 4.78 is 9.10. The first-order chi connectivity index (χ1) is 6.60. The molecule has 0 atom stereocenters. The van der Waals surface area contributed by atoms with E-state index in [2.05, 4.69) is 9.47 Å². The summed E-state index contributed by atoms with van der Waals surface area (Å²) in [5.41, 5.74) is 0.724. The molecule has 0 saturated heterocycles. The van der Waals surface area contributed by atoms with Crippen molar-refractivity contribution in [1.29, 1.82) is 0 Å². The average Bonchev–Trinajstić information content (AvgIpc) is 2.58. The van der Waals surface area contributed by atoms with Gasteiger partial charge in [-0.05, 0) is 18.6 Å². The van der Waals surface area contributed by atoms with E-state index in [0.717, 1.165) is 16.9 Å². The molecular weight excluding hydrogens is 204 g/mol. The Balaban J connectivity index is 3.05. The highest BCUT2D eigenvalue weighted by Gasteiger charge is 2.17. The first kappa shape index (κ1) is 10.7. The van der Waals surface area contributed by atoms with Crippen molar-refractivity contribution in [3.63, 3.8) is 0 Å². The Morgan fingerprint density at radius 2 is 1.79 bits per heavy atom. The molecule has 1 heterocycles. The van der Waals surface area contributed by atoms with Crippen LogP contribution in [0, 0.1) is 6.92 Å². The number of hydrogen-bond acceptors (Lipinski definition) is 5. The SMILES string of the molecule is COC(=O)c1cc(C)c(C(=O)OC)s1. The number of esters is 2. The summed E-state index contributed by atoms with van der Waals surface area (Å²) in [6.07, 6.45) is 0. The van der Waals surface area contributed by atoms with Crippen molar-refractivity contribution < 1.29 is 19.1 Å². The van der Waals surface area contributed by atoms with Gasteiger partial charge in [0.05, 0.1) is 14.2 Å². The van der Waals surface area contributed by atoms with E-state index in [0.29, 0.717) is 9.75 Å². The Morgan fingerprint density at radius 1 is 1.21 bits per heavy atom. The predicted octanol–water partition coefficient (Wildman–Crippen LogP) is 1.63. The molecule has 0 aromatic carbocycles. The number of methoxy groups -OCH3 is 2. The van der Waals surface area contributed by atoms with E-state index >= 15 is 0 Å². The van der Waals surface area contributed by atoms with Crippen molar-refractivity contribution in [3.8, 4) is 0 Å². The molecular formula is C9H10O4S. The summed E-state index contributed by atoms with van der Waals surface area (Å²) in [5, 5.41) is 0. The zero-order valence-electron chi connectivity index (χ0n) is 8.12. The molecule has 0 spiro atoms. The van der Waals surface area contributed by atoms with Crippen LogP contribution in [0.25, 0.3) is 0 Å². The Hall–Kier alpha value is -1.36. The molecule has 0 unspecified atom stereocenters. The van der Waals surface area contributed by atoms with Gasteiger partial charge in [0.1, 0.15) is 9.75 Å². The minimum atomic E-state index is -0.437. The molecule has 0 aliphatic carbocycles. The highest BCUT2D eigenvalue weighted by Crippen LogP contribution is 2.23. The van der Waals surface area contributed by atoms with Crippen molar-refractivity contribution >= 4 is 23.3 Å². The van der Waals surface area contributed by atoms with Crippen molar-refractivity contribution in [2.24, 2.45) is 0 Å². The average molecular weight is 214 g/mol. The van der Waals surface area contributed by atoms with Crippen LogP contribution in [-0.4, -0.2) is 26.2 Å². The minimum Gasteiger partial charge on any atom is -0.465 e. The number of carbonyl (C=O) groups excluding carboxylic acids is 2. The monoisotopic (exact) mass is 214 g/mol. The van der Waals surface area contributed by atoms with Gasteiger partial charge < -0.3 is 9.47 Å². The van der Waals surface area contributed by atoms with E-state index in [9.17, 15) is 9.59 Å². The standard InChI is InChI=1S/C9H10O4S/c1-5-4-6(8(10)12-2)14-7(5)9(11)13-3/h4H,1-3H3. The summed E-state index contributed by atoms with van der Waals surface area (Å²) in [4.78, 5) is 23.2. The van der Waals surface area contributed by atoms with Crippen LogP contribution in [0.1, 0.15) is 24.9 Å². The molecule has 5 heteroatoms. The summed E-state index contributed by atoms with van der Waals surface area (Å²) in [6, 6.07) is 1.61. The highest BCUT2D eigenvalue weighted by molar-refractivity contribution is 7.16. The van der Waals surface area contributed by atoms with Gasteiger partial charge in [-0.15, -0.1) is 11.3 Å². The van der Waals surface area contributed by atoms with Crippen LogP contribution in [0.5, 0.6) is 0 Å². The fourth-order valence-corrected chi connectivity index (χ4v) is 1.99. The Kier molecular flexibility index (Phi) is 3.24. The second-order valence-corrected chi connectivity index (χ2v) is 3.66. The smallest absolute Gasteiger partial charge is 0.348 e. The second kappa shape index (κ2) is 4.23. The van der Waals surface area contributed by atoms with E-state index in [1.165, 1.54) is 14.2 Å². The van der Waals surface area contributed by atoms with E-state index in [4.69, 9.17) is 0 Å². The van der Waals surface area contributed by atoms with Crippen LogP contribution in [0.2, 0.25) is 0 Å². The summed E-state index contributed by atoms with van der Waals surface area (Å²) >= 11 is 1.08. The summed E-state index contributed by atoms with van der Waals surface area (Å²) in [7, 11) is 2.61. The maximum absolute atomic E-state index is 11.2. The molecule has 0 bridgehead atoms. The molecule has 4 nitrogen and oxygen atoms in total. The van der Waals surface area contributed by atoms with Gasteiger partial charge in [-0.3, -0.25) is 0 Å². The largest absolute Gasteiger partial charge is 0.465 e. The second-order valence-electron chi connectivity index (χ2n) is 2.61. The topological polar surface area (TPSA) is 52.6 Å². The van der Waals surface area contributed by atoms with Gasteiger partial charge in [-0.1, -0.05) is 0 Å². The van der Waals surface area contributed by atoms with Gasteiger partial charge in [0.15, 0.2) is 0 Å². The molecule has 1 rings (SSSR count). The quantitative estimate of drug-likeness (QED) is 0.702. The molecule has 1 aromatic rings. The van der Waals surface area contributed by atoms with Crippen LogP contribution in [-0.2, 0) is 9.47 Å². The molecule has 1 aromatic heterocycles. The van der Waals surface area contributed by atoms with Gasteiger partial charge in [0.2, 0.25) is 0 Å². The molecule has 0 radical (unpaired) electrons. The highest BCUT2D eigenvalue weighted by atomic mass is 32.1. The van der Waals surface area contributed by atoms with Crippen molar-refractivity contribution in [1.82, 2.24) is 0 Å². The van der Waals surface area contributed by atoms with Crippen molar-refractivity contribution in [2.75, 3.05) is 14.2 Å². The lowest BCUT2D eigenvalue weighted by Crippen LogP contribution is -1.99. The summed E-state index contributed by atoms with van der Waals surface area (Å²) in [5.74, 6) is -0.865. The van der Waals surface area contributed by atoms with Gasteiger partial charge >= 0.3 is 11.9 Å². The lowest BCUT2D eigenvalue weighted by Gasteiger charge is -1.94. The Bertz CT molecular complexity index is 367. The van der Waals surface area contributed by atoms with Gasteiger partial charge in [-0.25, -0.2) is 9.59 Å². The minimum absolute atomic E-state index is 0.408. The molecule has 0 N–H and O–H groups in total. The van der Waals surface area contributed by atoms with Crippen LogP contribution >= 0.6 is 11.3 Å². The predicted molar refractivity (Wildman–Crippen MR) is 51.7 cm³/mol. The lowest BCUT2D eigenvalue weighted by atomic mass is 10.2. The number of aryl methyl sites for hydroxylation is 1. The third kappa shape index (κ3) is 1.93. The zero-order valence-corrected chi connectivity index (χ0v) is 8.94. The number of carbonyl (C=O) groups is 2. The van der Waals surface area contributed by atoms with Gasteiger partial charge in [-0.2, -0.15) is 0 Å². The van der Waals surface area contributed by atoms with Gasteiger partial charge in [0, 0.05) is 0 Å². The maximum Gasteiger partial charge on any atom is 0.348 e. The first-order valence-electron chi connectivity index (χ1n) is 3.87. The van der Waals surface area contributed by atoms with Crippen molar-refractivity contribution in [3.05, 3.63) is 21.4 Å². The number of rotatable bonds is 2. The number of thiophene rings is 1.